The topological polar surface area (TPSA) is 74.7 Å². The van der Waals surface area contributed by atoms with E-state index in [4.69, 9.17) is 4.74 Å². The quantitative estimate of drug-likeness (QED) is 0.887. The molecule has 0 saturated heterocycles. The van der Waals surface area contributed by atoms with Crippen LogP contribution in [0.1, 0.15) is 11.1 Å². The number of nitrogens with one attached hydrogen (secondary N) is 1. The van der Waals surface area contributed by atoms with Gasteiger partial charge in [-0.3, -0.25) is 4.98 Å². The lowest BCUT2D eigenvalue weighted by Gasteiger charge is -2.18. The predicted octanol–water partition coefficient (Wildman–Crippen LogP) is 2.14. The van der Waals surface area contributed by atoms with Gasteiger partial charge in [0, 0.05) is 32.5 Å². The van der Waals surface area contributed by atoms with Crippen LogP contribution in [0.25, 0.3) is 0 Å². The van der Waals surface area contributed by atoms with Gasteiger partial charge in [0.25, 0.3) is 0 Å². The lowest BCUT2D eigenvalue weighted by atomic mass is 10.2. The number of ether oxygens (including phenoxy) is 1. The molecule has 0 spiro atoms. The van der Waals surface area contributed by atoms with Crippen LogP contribution in [0.15, 0.2) is 42.7 Å². The van der Waals surface area contributed by atoms with Gasteiger partial charge in [0.05, 0.1) is 7.11 Å². The number of methoxy groups -OCH3 is 1. The number of phenolic OH excluding ortho intramolecular Hbond substituents is 1. The number of phenols is 1. The van der Waals surface area contributed by atoms with Crippen LogP contribution in [0.5, 0.6) is 11.5 Å². The average molecular weight is 301 g/mol. The molecule has 2 amide bonds. The van der Waals surface area contributed by atoms with Crippen molar-refractivity contribution in [3.05, 3.63) is 53.9 Å². The summed E-state index contributed by atoms with van der Waals surface area (Å²) in [6.07, 6.45) is 3.40. The van der Waals surface area contributed by atoms with Gasteiger partial charge >= 0.3 is 6.03 Å². The molecule has 0 aliphatic heterocycles. The van der Waals surface area contributed by atoms with Crippen LogP contribution in [0.4, 0.5) is 4.79 Å². The Morgan fingerprint density at radius 1 is 1.36 bits per heavy atom. The number of carbonyl (C=O) groups excluding carboxylic acids is 1. The summed E-state index contributed by atoms with van der Waals surface area (Å²) < 4.78 is 4.99. The van der Waals surface area contributed by atoms with Crippen molar-refractivity contribution in [3.8, 4) is 11.5 Å². The molecule has 1 aromatic heterocycles. The average Bonchev–Trinajstić information content (AvgIpc) is 2.53. The molecule has 0 aliphatic rings. The zero-order valence-electron chi connectivity index (χ0n) is 12.6. The second kappa shape index (κ2) is 7.31. The highest BCUT2D eigenvalue weighted by Gasteiger charge is 2.10. The van der Waals surface area contributed by atoms with Crippen LogP contribution in [-0.4, -0.2) is 35.2 Å². The van der Waals surface area contributed by atoms with Crippen molar-refractivity contribution >= 4 is 6.03 Å². The number of hydrogen-bond donors (Lipinski definition) is 2. The van der Waals surface area contributed by atoms with E-state index in [0.29, 0.717) is 18.8 Å². The number of pyridine rings is 1. The summed E-state index contributed by atoms with van der Waals surface area (Å²) in [4.78, 5) is 17.6. The largest absolute Gasteiger partial charge is 0.504 e. The van der Waals surface area contributed by atoms with Gasteiger partial charge in [0.1, 0.15) is 0 Å². The third-order valence-corrected chi connectivity index (χ3v) is 3.18. The molecule has 116 valence electrons. The van der Waals surface area contributed by atoms with Crippen LogP contribution in [0, 0.1) is 0 Å². The summed E-state index contributed by atoms with van der Waals surface area (Å²) in [5.41, 5.74) is 1.75. The molecule has 1 heterocycles. The van der Waals surface area contributed by atoms with Gasteiger partial charge in [0.15, 0.2) is 11.5 Å². The predicted molar refractivity (Wildman–Crippen MR) is 82.6 cm³/mol. The molecule has 1 aromatic carbocycles. The Balaban J connectivity index is 1.89. The van der Waals surface area contributed by atoms with Crippen molar-refractivity contribution in [2.24, 2.45) is 0 Å². The zero-order valence-corrected chi connectivity index (χ0v) is 12.6. The minimum atomic E-state index is -0.195. The first kappa shape index (κ1) is 15.6. The summed E-state index contributed by atoms with van der Waals surface area (Å²) in [5.74, 6) is 0.469. The summed E-state index contributed by atoms with van der Waals surface area (Å²) in [5, 5.41) is 12.6. The smallest absolute Gasteiger partial charge is 0.317 e. The fourth-order valence-corrected chi connectivity index (χ4v) is 1.99. The van der Waals surface area contributed by atoms with Gasteiger partial charge in [-0.2, -0.15) is 0 Å². The summed E-state index contributed by atoms with van der Waals surface area (Å²) >= 11 is 0. The monoisotopic (exact) mass is 301 g/mol. The maximum absolute atomic E-state index is 12.0. The minimum absolute atomic E-state index is 0.0594. The third kappa shape index (κ3) is 4.12. The first-order valence-corrected chi connectivity index (χ1v) is 6.84. The van der Waals surface area contributed by atoms with E-state index in [2.05, 4.69) is 10.3 Å². The molecular weight excluding hydrogens is 282 g/mol. The zero-order chi connectivity index (χ0) is 15.9. The maximum atomic E-state index is 12.0. The fraction of sp³-hybridized carbons (Fsp3) is 0.250. The maximum Gasteiger partial charge on any atom is 0.317 e. The highest BCUT2D eigenvalue weighted by Crippen LogP contribution is 2.26. The fourth-order valence-electron chi connectivity index (χ4n) is 1.99. The third-order valence-electron chi connectivity index (χ3n) is 3.18. The number of urea groups is 1. The number of benzene rings is 1. The Kier molecular flexibility index (Phi) is 5.19. The molecule has 6 nitrogen and oxygen atoms in total. The Morgan fingerprint density at radius 2 is 2.18 bits per heavy atom. The van der Waals surface area contributed by atoms with Gasteiger partial charge in [-0.05, 0) is 29.3 Å². The Bertz CT molecular complexity index is 632. The Labute approximate surface area is 129 Å². The van der Waals surface area contributed by atoms with E-state index in [9.17, 15) is 9.90 Å². The Morgan fingerprint density at radius 3 is 2.82 bits per heavy atom. The molecule has 0 radical (unpaired) electrons. The lowest BCUT2D eigenvalue weighted by molar-refractivity contribution is 0.206. The summed E-state index contributed by atoms with van der Waals surface area (Å²) in [6.45, 7) is 0.807. The van der Waals surface area contributed by atoms with Gasteiger partial charge in [0.2, 0.25) is 0 Å². The normalized spacial score (nSPS) is 10.1. The number of amides is 2. The van der Waals surface area contributed by atoms with Crippen molar-refractivity contribution in [2.75, 3.05) is 14.2 Å². The van der Waals surface area contributed by atoms with Crippen molar-refractivity contribution in [2.45, 2.75) is 13.1 Å². The number of hydrogen-bond acceptors (Lipinski definition) is 4. The molecule has 0 fully saturated rings. The highest BCUT2D eigenvalue weighted by molar-refractivity contribution is 5.73. The molecule has 2 rings (SSSR count). The van der Waals surface area contributed by atoms with E-state index < -0.39 is 0 Å². The van der Waals surface area contributed by atoms with Crippen LogP contribution < -0.4 is 10.1 Å². The Hall–Kier alpha value is -2.76. The number of rotatable bonds is 5. The van der Waals surface area contributed by atoms with E-state index >= 15 is 0 Å². The van der Waals surface area contributed by atoms with E-state index in [1.165, 1.54) is 12.0 Å². The summed E-state index contributed by atoms with van der Waals surface area (Å²) in [7, 11) is 3.19. The molecule has 0 bridgehead atoms. The molecular formula is C16H19N3O3. The minimum Gasteiger partial charge on any atom is -0.504 e. The van der Waals surface area contributed by atoms with Crippen molar-refractivity contribution in [1.82, 2.24) is 15.2 Å². The standard InChI is InChI=1S/C16H19N3O3/c1-19(11-12-5-6-15(22-2)14(20)8-12)16(21)18-10-13-4-3-7-17-9-13/h3-9,20H,10-11H2,1-2H3,(H,18,21). The highest BCUT2D eigenvalue weighted by atomic mass is 16.5. The molecule has 22 heavy (non-hydrogen) atoms. The molecule has 0 aliphatic carbocycles. The molecule has 2 N–H and O–H groups in total. The lowest BCUT2D eigenvalue weighted by Crippen LogP contribution is -2.36. The molecule has 0 unspecified atom stereocenters. The van der Waals surface area contributed by atoms with Crippen molar-refractivity contribution in [3.63, 3.8) is 0 Å². The van der Waals surface area contributed by atoms with Crippen molar-refractivity contribution in [1.29, 1.82) is 0 Å². The number of nitrogens with zero attached hydrogens (tertiary/aromatic N) is 2. The van der Waals surface area contributed by atoms with Gasteiger partial charge in [-0.15, -0.1) is 0 Å². The number of carbonyl (C=O) groups is 1. The number of aromatic nitrogens is 1. The van der Waals surface area contributed by atoms with Crippen LogP contribution in [0.2, 0.25) is 0 Å². The molecule has 0 saturated carbocycles. The van der Waals surface area contributed by atoms with Crippen LogP contribution in [0.3, 0.4) is 0 Å². The first-order valence-electron chi connectivity index (χ1n) is 6.84. The SMILES string of the molecule is COc1ccc(CN(C)C(=O)NCc2cccnc2)cc1O. The molecule has 0 atom stereocenters. The van der Waals surface area contributed by atoms with E-state index in [1.807, 2.05) is 18.2 Å². The van der Waals surface area contributed by atoms with Gasteiger partial charge in [-0.25, -0.2) is 4.79 Å². The summed E-state index contributed by atoms with van der Waals surface area (Å²) in [6, 6.07) is 8.60. The van der Waals surface area contributed by atoms with E-state index in [1.54, 1.807) is 31.6 Å². The van der Waals surface area contributed by atoms with Crippen LogP contribution in [-0.2, 0) is 13.1 Å². The second-order valence-electron chi connectivity index (χ2n) is 4.88. The van der Waals surface area contributed by atoms with Crippen LogP contribution >= 0.6 is 0 Å². The molecule has 6 heteroatoms. The second-order valence-corrected chi connectivity index (χ2v) is 4.88. The van der Waals surface area contributed by atoms with Gasteiger partial charge < -0.3 is 20.1 Å². The first-order chi connectivity index (χ1) is 10.6. The van der Waals surface area contributed by atoms with E-state index in [-0.39, 0.29) is 11.8 Å². The van der Waals surface area contributed by atoms with Crippen molar-refractivity contribution < 1.29 is 14.6 Å². The molecule has 2 aromatic rings. The van der Waals surface area contributed by atoms with Gasteiger partial charge in [-0.1, -0.05) is 12.1 Å². The number of aromatic hydroxyl groups is 1. The van der Waals surface area contributed by atoms with E-state index in [0.717, 1.165) is 11.1 Å².